The van der Waals surface area contributed by atoms with Gasteiger partial charge in [0.25, 0.3) is 0 Å². The first-order chi connectivity index (χ1) is 7.40. The van der Waals surface area contributed by atoms with Gasteiger partial charge in [0.15, 0.2) is 0 Å². The second-order valence-electron chi connectivity index (χ2n) is 3.99. The number of benzene rings is 1. The van der Waals surface area contributed by atoms with E-state index in [2.05, 4.69) is 5.32 Å². The largest absolute Gasteiger partial charge is 0.390 e. The molecule has 1 atom stereocenters. The minimum absolute atomic E-state index is 0.399. The average Bonchev–Trinajstić information content (AvgIpc) is 2.18. The Morgan fingerprint density at radius 1 is 1.19 bits per heavy atom. The van der Waals surface area contributed by atoms with Crippen molar-refractivity contribution in [1.82, 2.24) is 5.32 Å². The standard InChI is InChI=1S/C12H16F3N/c1-9-3-5-10(6-4-9)7-11(16-2)8-12(13,14)15/h3-6,11,16H,7-8H2,1-2H3. The van der Waals surface area contributed by atoms with Gasteiger partial charge in [0, 0.05) is 6.04 Å². The summed E-state index contributed by atoms with van der Waals surface area (Å²) in [6.45, 7) is 1.95. The van der Waals surface area contributed by atoms with Crippen LogP contribution in [0.4, 0.5) is 13.2 Å². The molecule has 0 spiro atoms. The van der Waals surface area contributed by atoms with Crippen LogP contribution in [0.15, 0.2) is 24.3 Å². The molecule has 0 aromatic heterocycles. The Morgan fingerprint density at radius 2 is 1.75 bits per heavy atom. The van der Waals surface area contributed by atoms with Gasteiger partial charge in [-0.25, -0.2) is 0 Å². The van der Waals surface area contributed by atoms with Crippen LogP contribution < -0.4 is 5.32 Å². The van der Waals surface area contributed by atoms with E-state index in [1.54, 1.807) is 7.05 Å². The van der Waals surface area contributed by atoms with Crippen LogP contribution in [0.5, 0.6) is 0 Å². The molecule has 0 saturated heterocycles. The van der Waals surface area contributed by atoms with Crippen molar-refractivity contribution in [1.29, 1.82) is 0 Å². The third-order valence-electron chi connectivity index (χ3n) is 2.49. The molecule has 1 rings (SSSR count). The topological polar surface area (TPSA) is 12.0 Å². The van der Waals surface area contributed by atoms with Crippen molar-refractivity contribution >= 4 is 0 Å². The molecule has 0 radical (unpaired) electrons. The predicted octanol–water partition coefficient (Wildman–Crippen LogP) is 3.08. The molecule has 0 aliphatic rings. The molecule has 1 N–H and O–H groups in total. The number of alkyl halides is 3. The van der Waals surface area contributed by atoms with Crippen molar-refractivity contribution in [2.24, 2.45) is 0 Å². The molecular formula is C12H16F3N. The molecule has 0 heterocycles. The number of hydrogen-bond acceptors (Lipinski definition) is 1. The van der Waals surface area contributed by atoms with Gasteiger partial charge in [-0.1, -0.05) is 29.8 Å². The van der Waals surface area contributed by atoms with Gasteiger partial charge in [0.2, 0.25) is 0 Å². The van der Waals surface area contributed by atoms with Crippen LogP contribution in [0.1, 0.15) is 17.5 Å². The number of likely N-dealkylation sites (N-methyl/N-ethyl adjacent to an activating group) is 1. The minimum Gasteiger partial charge on any atom is -0.316 e. The lowest BCUT2D eigenvalue weighted by atomic mass is 10.0. The number of halogens is 3. The molecule has 1 aromatic rings. The molecule has 0 bridgehead atoms. The van der Waals surface area contributed by atoms with E-state index >= 15 is 0 Å². The average molecular weight is 231 g/mol. The third kappa shape index (κ3) is 4.66. The molecule has 0 aliphatic carbocycles. The van der Waals surface area contributed by atoms with E-state index in [1.807, 2.05) is 31.2 Å². The van der Waals surface area contributed by atoms with E-state index in [0.717, 1.165) is 11.1 Å². The summed E-state index contributed by atoms with van der Waals surface area (Å²) in [4.78, 5) is 0. The van der Waals surface area contributed by atoms with Gasteiger partial charge < -0.3 is 5.32 Å². The lowest BCUT2D eigenvalue weighted by Gasteiger charge is -2.18. The summed E-state index contributed by atoms with van der Waals surface area (Å²) >= 11 is 0. The van der Waals surface area contributed by atoms with E-state index in [9.17, 15) is 13.2 Å². The maximum atomic E-state index is 12.2. The second kappa shape index (κ2) is 5.34. The first-order valence-electron chi connectivity index (χ1n) is 5.20. The van der Waals surface area contributed by atoms with Gasteiger partial charge in [0.1, 0.15) is 0 Å². The van der Waals surface area contributed by atoms with Gasteiger partial charge in [0.05, 0.1) is 6.42 Å². The highest BCUT2D eigenvalue weighted by molar-refractivity contribution is 5.22. The molecule has 1 aromatic carbocycles. The fraction of sp³-hybridized carbons (Fsp3) is 0.500. The van der Waals surface area contributed by atoms with Crippen LogP contribution in [-0.4, -0.2) is 19.3 Å². The summed E-state index contributed by atoms with van der Waals surface area (Å²) in [7, 11) is 1.56. The van der Waals surface area contributed by atoms with Crippen LogP contribution in [0.2, 0.25) is 0 Å². The smallest absolute Gasteiger partial charge is 0.316 e. The lowest BCUT2D eigenvalue weighted by molar-refractivity contribution is -0.139. The van der Waals surface area contributed by atoms with Crippen molar-refractivity contribution in [3.63, 3.8) is 0 Å². The Hall–Kier alpha value is -1.03. The maximum Gasteiger partial charge on any atom is 0.390 e. The SMILES string of the molecule is CNC(Cc1ccc(C)cc1)CC(F)(F)F. The van der Waals surface area contributed by atoms with E-state index in [0.29, 0.717) is 6.42 Å². The highest BCUT2D eigenvalue weighted by atomic mass is 19.4. The molecular weight excluding hydrogens is 215 g/mol. The fourth-order valence-electron chi connectivity index (χ4n) is 1.56. The number of nitrogens with one attached hydrogen (secondary N) is 1. The molecule has 0 saturated carbocycles. The molecule has 0 aliphatic heterocycles. The van der Waals surface area contributed by atoms with Gasteiger partial charge in [-0.2, -0.15) is 13.2 Å². The van der Waals surface area contributed by atoms with Crippen LogP contribution in [0, 0.1) is 6.92 Å². The monoisotopic (exact) mass is 231 g/mol. The first-order valence-corrected chi connectivity index (χ1v) is 5.20. The van der Waals surface area contributed by atoms with Crippen LogP contribution in [-0.2, 0) is 6.42 Å². The van der Waals surface area contributed by atoms with Crippen LogP contribution in [0.3, 0.4) is 0 Å². The van der Waals surface area contributed by atoms with E-state index in [1.165, 1.54) is 0 Å². The van der Waals surface area contributed by atoms with E-state index < -0.39 is 18.6 Å². The zero-order valence-corrected chi connectivity index (χ0v) is 9.43. The van der Waals surface area contributed by atoms with Crippen LogP contribution in [0.25, 0.3) is 0 Å². The Bertz CT molecular complexity index is 316. The third-order valence-corrected chi connectivity index (χ3v) is 2.49. The number of aryl methyl sites for hydroxylation is 1. The Labute approximate surface area is 93.7 Å². The molecule has 0 fully saturated rings. The van der Waals surface area contributed by atoms with Crippen LogP contribution >= 0.6 is 0 Å². The maximum absolute atomic E-state index is 12.2. The fourth-order valence-corrected chi connectivity index (χ4v) is 1.56. The highest BCUT2D eigenvalue weighted by Crippen LogP contribution is 2.23. The van der Waals surface area contributed by atoms with Gasteiger partial charge in [-0.15, -0.1) is 0 Å². The Morgan fingerprint density at radius 3 is 2.19 bits per heavy atom. The normalized spacial score (nSPS) is 13.8. The quantitative estimate of drug-likeness (QED) is 0.839. The molecule has 90 valence electrons. The van der Waals surface area contributed by atoms with Gasteiger partial charge >= 0.3 is 6.18 Å². The van der Waals surface area contributed by atoms with Crippen molar-refractivity contribution in [3.05, 3.63) is 35.4 Å². The molecule has 1 nitrogen and oxygen atoms in total. The zero-order valence-electron chi connectivity index (χ0n) is 9.43. The van der Waals surface area contributed by atoms with Crippen molar-refractivity contribution in [2.75, 3.05) is 7.05 Å². The minimum atomic E-state index is -4.11. The number of hydrogen-bond donors (Lipinski definition) is 1. The predicted molar refractivity (Wildman–Crippen MR) is 58.4 cm³/mol. The zero-order chi connectivity index (χ0) is 12.2. The van der Waals surface area contributed by atoms with Crippen molar-refractivity contribution in [2.45, 2.75) is 32.0 Å². The molecule has 1 unspecified atom stereocenters. The van der Waals surface area contributed by atoms with Crippen molar-refractivity contribution in [3.8, 4) is 0 Å². The van der Waals surface area contributed by atoms with E-state index in [4.69, 9.17) is 0 Å². The first kappa shape index (κ1) is 13.0. The molecule has 0 amide bonds. The summed E-state index contributed by atoms with van der Waals surface area (Å²) in [6.07, 6.45) is -4.51. The summed E-state index contributed by atoms with van der Waals surface area (Å²) < 4.78 is 36.7. The summed E-state index contributed by atoms with van der Waals surface area (Å²) in [6, 6.07) is 7.01. The Kier molecular flexibility index (Phi) is 4.35. The highest BCUT2D eigenvalue weighted by Gasteiger charge is 2.31. The summed E-state index contributed by atoms with van der Waals surface area (Å²) in [5, 5.41) is 2.70. The number of rotatable bonds is 4. The van der Waals surface area contributed by atoms with Crippen molar-refractivity contribution < 1.29 is 13.2 Å². The summed E-state index contributed by atoms with van der Waals surface area (Å²) in [5.41, 5.74) is 2.04. The van der Waals surface area contributed by atoms with Gasteiger partial charge in [-0.3, -0.25) is 0 Å². The summed E-state index contributed by atoms with van der Waals surface area (Å²) in [5.74, 6) is 0. The Balaban J connectivity index is 2.60. The second-order valence-corrected chi connectivity index (χ2v) is 3.99. The van der Waals surface area contributed by atoms with Gasteiger partial charge in [-0.05, 0) is 26.0 Å². The molecule has 4 heteroatoms. The van der Waals surface area contributed by atoms with E-state index in [-0.39, 0.29) is 0 Å². The molecule has 16 heavy (non-hydrogen) atoms. The lowest BCUT2D eigenvalue weighted by Crippen LogP contribution is -2.32.